The minimum atomic E-state index is 0.800. The van der Waals surface area contributed by atoms with Gasteiger partial charge in [-0.15, -0.1) is 0 Å². The smallest absolute Gasteiger partial charge is 0.00682 e. The van der Waals surface area contributed by atoms with Crippen LogP contribution in [0.15, 0.2) is 0 Å². The molecule has 0 aromatic rings. The summed E-state index contributed by atoms with van der Waals surface area (Å²) in [6.45, 7) is 11.8. The maximum atomic E-state index is 3.57. The van der Waals surface area contributed by atoms with Crippen LogP contribution in [0.25, 0.3) is 0 Å². The molecule has 1 N–H and O–H groups in total. The van der Waals surface area contributed by atoms with Crippen LogP contribution in [-0.2, 0) is 0 Å². The summed E-state index contributed by atoms with van der Waals surface area (Å²) in [6.07, 6.45) is 5.51. The molecule has 1 saturated carbocycles. The Morgan fingerprint density at radius 2 is 2.00 bits per heavy atom. The summed E-state index contributed by atoms with van der Waals surface area (Å²) < 4.78 is 0. The molecule has 0 saturated heterocycles. The Balaban J connectivity index is 1.90. The average Bonchev–Trinajstić information content (AvgIpc) is 2.98. The van der Waals surface area contributed by atoms with Crippen LogP contribution in [0.1, 0.15) is 46.5 Å². The molecule has 0 aromatic carbocycles. The van der Waals surface area contributed by atoms with Crippen molar-refractivity contribution in [3.8, 4) is 0 Å². The second-order valence-corrected chi connectivity index (χ2v) is 5.22. The van der Waals surface area contributed by atoms with Crippen LogP contribution in [0.5, 0.6) is 0 Å². The van der Waals surface area contributed by atoms with Gasteiger partial charge in [0.15, 0.2) is 0 Å². The molecule has 0 aliphatic heterocycles. The fraction of sp³-hybridized carbons (Fsp3) is 1.00. The van der Waals surface area contributed by atoms with Crippen molar-refractivity contribution in [2.24, 2.45) is 5.92 Å². The largest absolute Gasteiger partial charge is 0.314 e. The summed E-state index contributed by atoms with van der Waals surface area (Å²) >= 11 is 0. The molecule has 0 aromatic heterocycles. The van der Waals surface area contributed by atoms with Gasteiger partial charge in [0.1, 0.15) is 0 Å². The molecule has 1 aliphatic rings. The van der Waals surface area contributed by atoms with Gasteiger partial charge in [-0.05, 0) is 51.2 Å². The predicted molar refractivity (Wildman–Crippen MR) is 67.2 cm³/mol. The average molecular weight is 212 g/mol. The van der Waals surface area contributed by atoms with Gasteiger partial charge in [-0.2, -0.15) is 0 Å². The molecule has 2 nitrogen and oxygen atoms in total. The molecular formula is C13H28N2. The topological polar surface area (TPSA) is 15.3 Å². The first-order valence-electron chi connectivity index (χ1n) is 6.68. The Morgan fingerprint density at radius 1 is 1.27 bits per heavy atom. The third-order valence-corrected chi connectivity index (χ3v) is 2.98. The monoisotopic (exact) mass is 212 g/mol. The maximum absolute atomic E-state index is 3.57. The molecule has 1 rings (SSSR count). The molecular weight excluding hydrogens is 184 g/mol. The molecule has 0 atom stereocenters. The number of unbranched alkanes of at least 4 members (excludes halogenated alkanes) is 1. The molecule has 1 fully saturated rings. The van der Waals surface area contributed by atoms with Gasteiger partial charge in [0.25, 0.3) is 0 Å². The van der Waals surface area contributed by atoms with E-state index in [0.717, 1.165) is 12.0 Å². The van der Waals surface area contributed by atoms with Crippen molar-refractivity contribution < 1.29 is 0 Å². The Hall–Kier alpha value is -0.0800. The van der Waals surface area contributed by atoms with E-state index in [1.54, 1.807) is 0 Å². The van der Waals surface area contributed by atoms with Crippen molar-refractivity contribution in [2.45, 2.75) is 52.5 Å². The van der Waals surface area contributed by atoms with E-state index in [1.807, 2.05) is 0 Å². The van der Waals surface area contributed by atoms with Gasteiger partial charge in [-0.3, -0.25) is 0 Å². The SMILES string of the molecule is CCN(CCCCNC1CC1)CC(C)C. The first-order valence-corrected chi connectivity index (χ1v) is 6.68. The second-order valence-electron chi connectivity index (χ2n) is 5.22. The lowest BCUT2D eigenvalue weighted by Gasteiger charge is -2.22. The number of hydrogen-bond donors (Lipinski definition) is 1. The Labute approximate surface area is 95.4 Å². The highest BCUT2D eigenvalue weighted by Gasteiger charge is 2.19. The Morgan fingerprint density at radius 3 is 2.53 bits per heavy atom. The zero-order valence-corrected chi connectivity index (χ0v) is 10.8. The van der Waals surface area contributed by atoms with E-state index in [1.165, 1.54) is 51.9 Å². The maximum Gasteiger partial charge on any atom is 0.00682 e. The highest BCUT2D eigenvalue weighted by molar-refractivity contribution is 4.80. The van der Waals surface area contributed by atoms with Crippen molar-refractivity contribution in [2.75, 3.05) is 26.2 Å². The van der Waals surface area contributed by atoms with E-state index in [-0.39, 0.29) is 0 Å². The zero-order chi connectivity index (χ0) is 11.1. The van der Waals surface area contributed by atoms with Crippen LogP contribution >= 0.6 is 0 Å². The fourth-order valence-corrected chi connectivity index (χ4v) is 1.95. The van der Waals surface area contributed by atoms with E-state index in [0.29, 0.717) is 0 Å². The fourth-order valence-electron chi connectivity index (χ4n) is 1.95. The summed E-state index contributed by atoms with van der Waals surface area (Å²) in [5.74, 6) is 0.800. The lowest BCUT2D eigenvalue weighted by atomic mass is 10.2. The number of hydrogen-bond acceptors (Lipinski definition) is 2. The number of rotatable bonds is 9. The zero-order valence-electron chi connectivity index (χ0n) is 10.8. The van der Waals surface area contributed by atoms with Gasteiger partial charge < -0.3 is 10.2 Å². The molecule has 2 heteroatoms. The molecule has 90 valence electrons. The van der Waals surface area contributed by atoms with Gasteiger partial charge in [-0.25, -0.2) is 0 Å². The molecule has 0 radical (unpaired) electrons. The van der Waals surface area contributed by atoms with E-state index < -0.39 is 0 Å². The normalized spacial score (nSPS) is 16.6. The minimum Gasteiger partial charge on any atom is -0.314 e. The van der Waals surface area contributed by atoms with Crippen LogP contribution in [0.3, 0.4) is 0 Å². The summed E-state index contributed by atoms with van der Waals surface area (Å²) in [5, 5.41) is 3.57. The van der Waals surface area contributed by atoms with Crippen molar-refractivity contribution in [1.82, 2.24) is 10.2 Å². The molecule has 0 bridgehead atoms. The number of nitrogens with zero attached hydrogens (tertiary/aromatic N) is 1. The van der Waals surface area contributed by atoms with E-state index in [4.69, 9.17) is 0 Å². The van der Waals surface area contributed by atoms with Crippen LogP contribution < -0.4 is 5.32 Å². The molecule has 0 unspecified atom stereocenters. The van der Waals surface area contributed by atoms with Crippen molar-refractivity contribution >= 4 is 0 Å². The molecule has 15 heavy (non-hydrogen) atoms. The first-order chi connectivity index (χ1) is 7.22. The van der Waals surface area contributed by atoms with Crippen LogP contribution in [0, 0.1) is 5.92 Å². The summed E-state index contributed by atoms with van der Waals surface area (Å²) in [4.78, 5) is 2.57. The van der Waals surface area contributed by atoms with Crippen molar-refractivity contribution in [3.63, 3.8) is 0 Å². The molecule has 0 spiro atoms. The quantitative estimate of drug-likeness (QED) is 0.591. The van der Waals surface area contributed by atoms with Crippen LogP contribution in [-0.4, -0.2) is 37.1 Å². The second kappa shape index (κ2) is 7.24. The highest BCUT2D eigenvalue weighted by Crippen LogP contribution is 2.18. The summed E-state index contributed by atoms with van der Waals surface area (Å²) in [7, 11) is 0. The van der Waals surface area contributed by atoms with Gasteiger partial charge in [0, 0.05) is 12.6 Å². The Bertz CT molecular complexity index is 153. The third kappa shape index (κ3) is 6.91. The highest BCUT2D eigenvalue weighted by atomic mass is 15.1. The molecule has 0 heterocycles. The van der Waals surface area contributed by atoms with Gasteiger partial charge in [-0.1, -0.05) is 20.8 Å². The minimum absolute atomic E-state index is 0.800. The first kappa shape index (κ1) is 13.0. The van der Waals surface area contributed by atoms with Gasteiger partial charge in [0.2, 0.25) is 0 Å². The van der Waals surface area contributed by atoms with Crippen molar-refractivity contribution in [1.29, 1.82) is 0 Å². The molecule has 0 amide bonds. The standard InChI is InChI=1S/C13H28N2/c1-4-15(11-12(2)3)10-6-5-9-14-13-7-8-13/h12-14H,4-11H2,1-3H3. The van der Waals surface area contributed by atoms with E-state index in [9.17, 15) is 0 Å². The summed E-state index contributed by atoms with van der Waals surface area (Å²) in [5.41, 5.74) is 0. The van der Waals surface area contributed by atoms with Gasteiger partial charge in [0.05, 0.1) is 0 Å². The van der Waals surface area contributed by atoms with Gasteiger partial charge >= 0.3 is 0 Å². The number of nitrogens with one attached hydrogen (secondary N) is 1. The lowest BCUT2D eigenvalue weighted by Crippen LogP contribution is -2.29. The van der Waals surface area contributed by atoms with E-state index >= 15 is 0 Å². The predicted octanol–water partition coefficient (Wildman–Crippen LogP) is 2.50. The Kier molecular flexibility index (Phi) is 6.26. The van der Waals surface area contributed by atoms with E-state index in [2.05, 4.69) is 31.0 Å². The van der Waals surface area contributed by atoms with Crippen molar-refractivity contribution in [3.05, 3.63) is 0 Å². The molecule has 1 aliphatic carbocycles. The summed E-state index contributed by atoms with van der Waals surface area (Å²) in [6, 6.07) is 0.878. The van der Waals surface area contributed by atoms with Crippen LogP contribution in [0.2, 0.25) is 0 Å². The van der Waals surface area contributed by atoms with Crippen LogP contribution in [0.4, 0.5) is 0 Å². The third-order valence-electron chi connectivity index (χ3n) is 2.98. The lowest BCUT2D eigenvalue weighted by molar-refractivity contribution is 0.251.